The summed E-state index contributed by atoms with van der Waals surface area (Å²) in [6.07, 6.45) is 0. The van der Waals surface area contributed by atoms with E-state index < -0.39 is 0 Å². The second-order valence-corrected chi connectivity index (χ2v) is 5.38. The number of hydrogen-bond donors (Lipinski definition) is 1. The number of aromatic nitrogens is 1. The Morgan fingerprint density at radius 1 is 1.35 bits per heavy atom. The van der Waals surface area contributed by atoms with Crippen molar-refractivity contribution in [2.45, 2.75) is 19.9 Å². The van der Waals surface area contributed by atoms with E-state index in [1.807, 2.05) is 26.1 Å². The van der Waals surface area contributed by atoms with Crippen LogP contribution >= 0.6 is 22.9 Å². The monoisotopic (exact) mass is 266 g/mol. The summed E-state index contributed by atoms with van der Waals surface area (Å²) < 4.78 is 0. The van der Waals surface area contributed by atoms with Gasteiger partial charge in [0.25, 0.3) is 0 Å². The second-order valence-electron chi connectivity index (χ2n) is 4.05. The Kier molecular flexibility index (Phi) is 3.82. The maximum atomic E-state index is 5.98. The standard InChI is InChI=1S/C13H15ClN2S/c1-8-6-10(14)4-5-11(8)12(15-3)13-16-9(2)7-17-13/h4-7,12,15H,1-3H3. The van der Waals surface area contributed by atoms with Crippen LogP contribution in [0.3, 0.4) is 0 Å². The predicted molar refractivity (Wildman–Crippen MR) is 73.9 cm³/mol. The third-order valence-electron chi connectivity index (χ3n) is 2.72. The summed E-state index contributed by atoms with van der Waals surface area (Å²) in [4.78, 5) is 4.54. The highest BCUT2D eigenvalue weighted by Crippen LogP contribution is 2.28. The molecule has 0 saturated carbocycles. The molecule has 1 atom stereocenters. The van der Waals surface area contributed by atoms with E-state index in [9.17, 15) is 0 Å². The van der Waals surface area contributed by atoms with Gasteiger partial charge in [-0.3, -0.25) is 0 Å². The molecule has 0 aliphatic heterocycles. The molecule has 2 nitrogen and oxygen atoms in total. The fourth-order valence-corrected chi connectivity index (χ4v) is 3.03. The fourth-order valence-electron chi connectivity index (χ4n) is 1.88. The summed E-state index contributed by atoms with van der Waals surface area (Å²) in [5.41, 5.74) is 3.48. The van der Waals surface area contributed by atoms with Crippen LogP contribution in [0.5, 0.6) is 0 Å². The van der Waals surface area contributed by atoms with Crippen LogP contribution in [0.25, 0.3) is 0 Å². The van der Waals surface area contributed by atoms with Crippen molar-refractivity contribution in [1.29, 1.82) is 0 Å². The third-order valence-corrected chi connectivity index (χ3v) is 3.98. The Morgan fingerprint density at radius 3 is 2.65 bits per heavy atom. The minimum Gasteiger partial charge on any atom is -0.307 e. The highest BCUT2D eigenvalue weighted by molar-refractivity contribution is 7.09. The molecule has 1 aromatic heterocycles. The molecular formula is C13H15ClN2S. The Morgan fingerprint density at radius 2 is 2.12 bits per heavy atom. The van der Waals surface area contributed by atoms with Gasteiger partial charge < -0.3 is 5.32 Å². The van der Waals surface area contributed by atoms with Crippen molar-refractivity contribution >= 4 is 22.9 Å². The quantitative estimate of drug-likeness (QED) is 0.916. The lowest BCUT2D eigenvalue weighted by Crippen LogP contribution is -2.18. The van der Waals surface area contributed by atoms with Gasteiger partial charge in [-0.1, -0.05) is 17.7 Å². The van der Waals surface area contributed by atoms with Gasteiger partial charge in [0, 0.05) is 16.1 Å². The van der Waals surface area contributed by atoms with Crippen molar-refractivity contribution in [1.82, 2.24) is 10.3 Å². The van der Waals surface area contributed by atoms with E-state index in [1.54, 1.807) is 11.3 Å². The van der Waals surface area contributed by atoms with Gasteiger partial charge in [0.2, 0.25) is 0 Å². The zero-order valence-corrected chi connectivity index (χ0v) is 11.7. The van der Waals surface area contributed by atoms with Crippen LogP contribution in [0.1, 0.15) is 27.9 Å². The average Bonchev–Trinajstić information content (AvgIpc) is 2.69. The van der Waals surface area contributed by atoms with Crippen LogP contribution in [-0.2, 0) is 0 Å². The van der Waals surface area contributed by atoms with Gasteiger partial charge >= 0.3 is 0 Å². The fraction of sp³-hybridized carbons (Fsp3) is 0.308. The molecule has 0 radical (unpaired) electrons. The lowest BCUT2D eigenvalue weighted by Gasteiger charge is -2.16. The average molecular weight is 267 g/mol. The highest BCUT2D eigenvalue weighted by atomic mass is 35.5. The zero-order chi connectivity index (χ0) is 12.4. The van der Waals surface area contributed by atoms with Crippen molar-refractivity contribution in [3.8, 4) is 0 Å². The van der Waals surface area contributed by atoms with E-state index >= 15 is 0 Å². The van der Waals surface area contributed by atoms with E-state index in [0.717, 1.165) is 15.7 Å². The summed E-state index contributed by atoms with van der Waals surface area (Å²) in [5.74, 6) is 0. The molecule has 1 aromatic carbocycles. The summed E-state index contributed by atoms with van der Waals surface area (Å²) in [6, 6.07) is 6.12. The summed E-state index contributed by atoms with van der Waals surface area (Å²) >= 11 is 7.66. The molecule has 0 aliphatic carbocycles. The molecule has 90 valence electrons. The van der Waals surface area contributed by atoms with Crippen LogP contribution in [-0.4, -0.2) is 12.0 Å². The number of thiazole rings is 1. The number of rotatable bonds is 3. The molecular weight excluding hydrogens is 252 g/mol. The number of aryl methyl sites for hydroxylation is 2. The summed E-state index contributed by atoms with van der Waals surface area (Å²) in [6.45, 7) is 4.09. The van der Waals surface area contributed by atoms with E-state index in [1.165, 1.54) is 11.1 Å². The normalized spacial score (nSPS) is 12.7. The number of nitrogens with zero attached hydrogens (tertiary/aromatic N) is 1. The molecule has 0 saturated heterocycles. The smallest absolute Gasteiger partial charge is 0.114 e. The molecule has 0 aliphatic rings. The predicted octanol–water partition coefficient (Wildman–Crippen LogP) is 3.72. The number of nitrogens with one attached hydrogen (secondary N) is 1. The van der Waals surface area contributed by atoms with Crippen molar-refractivity contribution in [2.75, 3.05) is 7.05 Å². The maximum absolute atomic E-state index is 5.98. The second kappa shape index (κ2) is 5.17. The van der Waals surface area contributed by atoms with Crippen molar-refractivity contribution in [3.63, 3.8) is 0 Å². The van der Waals surface area contributed by atoms with Crippen molar-refractivity contribution in [3.05, 3.63) is 50.4 Å². The highest BCUT2D eigenvalue weighted by Gasteiger charge is 2.17. The molecule has 1 N–H and O–H groups in total. The van der Waals surface area contributed by atoms with Crippen molar-refractivity contribution in [2.24, 2.45) is 0 Å². The molecule has 1 unspecified atom stereocenters. The molecule has 1 heterocycles. The largest absolute Gasteiger partial charge is 0.307 e. The van der Waals surface area contributed by atoms with E-state index in [0.29, 0.717) is 0 Å². The molecule has 2 rings (SSSR count). The van der Waals surface area contributed by atoms with Crippen LogP contribution < -0.4 is 5.32 Å². The molecule has 0 amide bonds. The number of halogens is 1. The molecule has 0 spiro atoms. The van der Waals surface area contributed by atoms with Crippen LogP contribution in [0.2, 0.25) is 5.02 Å². The van der Waals surface area contributed by atoms with Crippen LogP contribution in [0.15, 0.2) is 23.6 Å². The first kappa shape index (κ1) is 12.6. The van der Waals surface area contributed by atoms with E-state index in [2.05, 4.69) is 28.7 Å². The molecule has 0 fully saturated rings. The maximum Gasteiger partial charge on any atom is 0.114 e. The SMILES string of the molecule is CNC(c1nc(C)cs1)c1ccc(Cl)cc1C. The van der Waals surface area contributed by atoms with Gasteiger partial charge in [-0.05, 0) is 44.2 Å². The summed E-state index contributed by atoms with van der Waals surface area (Å²) in [7, 11) is 1.95. The first-order valence-electron chi connectivity index (χ1n) is 5.47. The Balaban J connectivity index is 2.42. The van der Waals surface area contributed by atoms with Gasteiger partial charge in [-0.15, -0.1) is 11.3 Å². The lowest BCUT2D eigenvalue weighted by atomic mass is 10.0. The lowest BCUT2D eigenvalue weighted by molar-refractivity contribution is 0.681. The van der Waals surface area contributed by atoms with Gasteiger partial charge in [0.05, 0.1) is 6.04 Å². The molecule has 2 aromatic rings. The van der Waals surface area contributed by atoms with Crippen molar-refractivity contribution < 1.29 is 0 Å². The molecule has 17 heavy (non-hydrogen) atoms. The van der Waals surface area contributed by atoms with Crippen LogP contribution in [0, 0.1) is 13.8 Å². The van der Waals surface area contributed by atoms with Gasteiger partial charge in [0.15, 0.2) is 0 Å². The van der Waals surface area contributed by atoms with Crippen LogP contribution in [0.4, 0.5) is 0 Å². The molecule has 4 heteroatoms. The van der Waals surface area contributed by atoms with Gasteiger partial charge in [-0.25, -0.2) is 4.98 Å². The Labute approximate surface area is 111 Å². The van der Waals surface area contributed by atoms with E-state index in [-0.39, 0.29) is 6.04 Å². The van der Waals surface area contributed by atoms with E-state index in [4.69, 9.17) is 11.6 Å². The Hall–Kier alpha value is -0.900. The van der Waals surface area contributed by atoms with Gasteiger partial charge in [-0.2, -0.15) is 0 Å². The zero-order valence-electron chi connectivity index (χ0n) is 10.1. The first-order valence-corrected chi connectivity index (χ1v) is 6.73. The summed E-state index contributed by atoms with van der Waals surface area (Å²) in [5, 5.41) is 7.25. The topological polar surface area (TPSA) is 24.9 Å². The van der Waals surface area contributed by atoms with Gasteiger partial charge in [0.1, 0.15) is 5.01 Å². The minimum atomic E-state index is 0.144. The number of benzene rings is 1. The number of hydrogen-bond acceptors (Lipinski definition) is 3. The Bertz CT molecular complexity index is 522. The minimum absolute atomic E-state index is 0.144. The third kappa shape index (κ3) is 2.68. The first-order chi connectivity index (χ1) is 8.11. The molecule has 0 bridgehead atoms.